The number of benzene rings is 11. The molecule has 328 valence electrons. The van der Waals surface area contributed by atoms with E-state index in [0.29, 0.717) is 0 Å². The minimum absolute atomic E-state index is 0.559. The van der Waals surface area contributed by atoms with E-state index in [4.69, 9.17) is 4.74 Å². The first-order valence-electron chi connectivity index (χ1n) is 24.2. The van der Waals surface area contributed by atoms with E-state index in [2.05, 4.69) is 278 Å². The second-order valence-electron chi connectivity index (χ2n) is 18.7. The van der Waals surface area contributed by atoms with Gasteiger partial charge in [-0.2, -0.15) is 0 Å². The fourth-order valence-corrected chi connectivity index (χ4v) is 12.3. The van der Waals surface area contributed by atoms with Crippen LogP contribution in [0.5, 0.6) is 11.5 Å². The summed E-state index contributed by atoms with van der Waals surface area (Å²) in [5.74, 6) is 1.72. The minimum Gasteiger partial charge on any atom is -0.457 e. The Balaban J connectivity index is 1.02. The Labute approximate surface area is 409 Å². The van der Waals surface area contributed by atoms with Gasteiger partial charge in [-0.25, -0.2) is 0 Å². The largest absolute Gasteiger partial charge is 0.457 e. The number of rotatable bonds is 7. The molecule has 0 unspecified atom stereocenters. The van der Waals surface area contributed by atoms with Gasteiger partial charge >= 0.3 is 0 Å². The smallest absolute Gasteiger partial charge is 0.134 e. The minimum atomic E-state index is -0.621. The van der Waals surface area contributed by atoms with Gasteiger partial charge in [-0.1, -0.05) is 224 Å². The molecule has 11 aromatic carbocycles. The van der Waals surface area contributed by atoms with Crippen LogP contribution in [0.1, 0.15) is 44.5 Å². The third kappa shape index (κ3) is 5.80. The van der Waals surface area contributed by atoms with E-state index in [1.165, 1.54) is 72.3 Å². The molecule has 70 heavy (non-hydrogen) atoms. The van der Waals surface area contributed by atoms with Crippen LogP contribution in [0.4, 0.5) is 17.1 Å². The Hall–Kier alpha value is -8.98. The highest BCUT2D eigenvalue weighted by Gasteiger charge is 2.51. The van der Waals surface area contributed by atoms with Crippen molar-refractivity contribution < 1.29 is 4.74 Å². The van der Waals surface area contributed by atoms with E-state index in [1.54, 1.807) is 0 Å². The molecule has 0 saturated heterocycles. The Morgan fingerprint density at radius 1 is 0.243 bits per heavy atom. The van der Waals surface area contributed by atoms with Crippen LogP contribution in [0.3, 0.4) is 0 Å². The Morgan fingerprint density at radius 2 is 0.686 bits per heavy atom. The number of ether oxygens (including phenoxy) is 1. The SMILES string of the molecule is c1ccc(-c2cccc(N(c3ccc4c(c3)Oc3ccccc3C43c4ccccc4-c4ccccc43)c3ccc4c(c3)C(c3ccccc3)(c3ccccc3)c3cc(-c5ccccc5)ccc3-4)c2)cc1. The van der Waals surface area contributed by atoms with Gasteiger partial charge in [0.25, 0.3) is 0 Å². The van der Waals surface area contributed by atoms with Crippen molar-refractivity contribution in [2.24, 2.45) is 0 Å². The van der Waals surface area contributed by atoms with E-state index in [9.17, 15) is 0 Å². The number of fused-ring (bicyclic) bond motifs is 12. The van der Waals surface area contributed by atoms with E-state index in [1.807, 2.05) is 0 Å². The molecule has 14 rings (SSSR count). The molecule has 1 spiro atoms. The highest BCUT2D eigenvalue weighted by Crippen LogP contribution is 2.63. The van der Waals surface area contributed by atoms with Crippen molar-refractivity contribution in [3.05, 3.63) is 317 Å². The number of anilines is 3. The van der Waals surface area contributed by atoms with Crippen LogP contribution in [-0.2, 0) is 10.8 Å². The van der Waals surface area contributed by atoms with Crippen molar-refractivity contribution in [1.29, 1.82) is 0 Å². The molecule has 0 N–H and O–H groups in total. The normalized spacial score (nSPS) is 13.8. The zero-order chi connectivity index (χ0) is 46.2. The third-order valence-corrected chi connectivity index (χ3v) is 15.2. The number of nitrogens with zero attached hydrogens (tertiary/aromatic N) is 1. The van der Waals surface area contributed by atoms with E-state index in [-0.39, 0.29) is 0 Å². The summed E-state index contributed by atoms with van der Waals surface area (Å²) < 4.78 is 7.14. The van der Waals surface area contributed by atoms with Gasteiger partial charge in [-0.05, 0) is 120 Å². The fourth-order valence-electron chi connectivity index (χ4n) is 12.3. The zero-order valence-corrected chi connectivity index (χ0v) is 38.3. The highest BCUT2D eigenvalue weighted by atomic mass is 16.5. The average Bonchev–Trinajstić information content (AvgIpc) is 3.90. The Kier molecular flexibility index (Phi) is 9.06. The molecule has 0 amide bonds. The van der Waals surface area contributed by atoms with Crippen molar-refractivity contribution in [2.45, 2.75) is 10.8 Å². The van der Waals surface area contributed by atoms with Gasteiger partial charge in [0.05, 0.1) is 10.8 Å². The molecule has 0 aromatic heterocycles. The summed E-state index contributed by atoms with van der Waals surface area (Å²) in [4.78, 5) is 2.43. The molecule has 1 heterocycles. The summed E-state index contributed by atoms with van der Waals surface area (Å²) in [6.07, 6.45) is 0. The lowest BCUT2D eigenvalue weighted by Crippen LogP contribution is -2.32. The molecule has 0 radical (unpaired) electrons. The summed E-state index contributed by atoms with van der Waals surface area (Å²) in [6, 6.07) is 100. The van der Waals surface area contributed by atoms with Gasteiger partial charge in [-0.3, -0.25) is 0 Å². The first kappa shape index (κ1) is 40.1. The lowest BCUT2D eigenvalue weighted by atomic mass is 9.66. The quantitative estimate of drug-likeness (QED) is 0.158. The molecule has 11 aromatic rings. The van der Waals surface area contributed by atoms with Crippen molar-refractivity contribution in [3.63, 3.8) is 0 Å². The lowest BCUT2D eigenvalue weighted by Gasteiger charge is -2.40. The number of hydrogen-bond donors (Lipinski definition) is 0. The predicted molar refractivity (Wildman–Crippen MR) is 287 cm³/mol. The van der Waals surface area contributed by atoms with Gasteiger partial charge < -0.3 is 9.64 Å². The maximum atomic E-state index is 7.14. The maximum Gasteiger partial charge on any atom is 0.134 e. The lowest BCUT2D eigenvalue weighted by molar-refractivity contribution is 0.436. The van der Waals surface area contributed by atoms with Gasteiger partial charge in [-0.15, -0.1) is 0 Å². The summed E-state index contributed by atoms with van der Waals surface area (Å²) in [7, 11) is 0. The van der Waals surface area contributed by atoms with Gasteiger partial charge in [0.15, 0.2) is 0 Å². The molecule has 0 atom stereocenters. The number of para-hydroxylation sites is 1. The fraction of sp³-hybridized carbons (Fsp3) is 0.0294. The highest BCUT2D eigenvalue weighted by molar-refractivity contribution is 5.93. The van der Waals surface area contributed by atoms with E-state index in [0.717, 1.165) is 45.3 Å². The van der Waals surface area contributed by atoms with Crippen molar-refractivity contribution in [2.75, 3.05) is 4.90 Å². The van der Waals surface area contributed by atoms with Crippen LogP contribution in [0.25, 0.3) is 44.5 Å². The topological polar surface area (TPSA) is 12.5 Å². The van der Waals surface area contributed by atoms with Crippen molar-refractivity contribution in [1.82, 2.24) is 0 Å². The third-order valence-electron chi connectivity index (χ3n) is 15.2. The van der Waals surface area contributed by atoms with E-state index >= 15 is 0 Å². The maximum absolute atomic E-state index is 7.14. The molecule has 0 fully saturated rings. The zero-order valence-electron chi connectivity index (χ0n) is 38.3. The van der Waals surface area contributed by atoms with Crippen LogP contribution >= 0.6 is 0 Å². The standard InChI is InChI=1S/C68H45NO/c1-5-20-46(21-6-1)48-24-19-29-52(42-48)69(54-38-41-62-66(45-54)70-65-35-18-17-34-61(65)68(62)59-32-15-13-30-55(59)56-31-14-16-33-60(56)68)53-37-40-58-57-39-36-49(47-22-7-2-8-23-47)43-63(57)67(64(58)44-53,50-25-9-3-10-26-50)51-27-11-4-12-28-51/h1-45H. The van der Waals surface area contributed by atoms with Crippen molar-refractivity contribution >= 4 is 17.1 Å². The average molecular weight is 892 g/mol. The molecule has 0 saturated carbocycles. The summed E-state index contributed by atoms with van der Waals surface area (Å²) in [5.41, 5.74) is 21.5. The molecular formula is C68H45NO. The molecule has 3 aliphatic rings. The summed E-state index contributed by atoms with van der Waals surface area (Å²) in [5, 5.41) is 0. The van der Waals surface area contributed by atoms with Crippen LogP contribution < -0.4 is 9.64 Å². The predicted octanol–water partition coefficient (Wildman–Crippen LogP) is 17.3. The molecule has 2 nitrogen and oxygen atoms in total. The molecular weight excluding hydrogens is 847 g/mol. The molecule has 1 aliphatic heterocycles. The first-order chi connectivity index (χ1) is 34.7. The Morgan fingerprint density at radius 3 is 1.33 bits per heavy atom. The van der Waals surface area contributed by atoms with Crippen LogP contribution in [0.2, 0.25) is 0 Å². The second kappa shape index (κ2) is 15.8. The van der Waals surface area contributed by atoms with E-state index < -0.39 is 10.8 Å². The monoisotopic (exact) mass is 891 g/mol. The summed E-state index contributed by atoms with van der Waals surface area (Å²) >= 11 is 0. The van der Waals surface area contributed by atoms with Crippen LogP contribution in [-0.4, -0.2) is 0 Å². The second-order valence-corrected chi connectivity index (χ2v) is 18.7. The Bertz CT molecular complexity index is 3720. The van der Waals surface area contributed by atoms with Gasteiger partial charge in [0.2, 0.25) is 0 Å². The molecule has 2 aliphatic carbocycles. The molecule has 0 bridgehead atoms. The number of hydrogen-bond acceptors (Lipinski definition) is 2. The molecule has 2 heteroatoms. The van der Waals surface area contributed by atoms with Crippen molar-refractivity contribution in [3.8, 4) is 56.0 Å². The van der Waals surface area contributed by atoms with Crippen LogP contribution in [0.15, 0.2) is 273 Å². The summed E-state index contributed by atoms with van der Waals surface area (Å²) in [6.45, 7) is 0. The first-order valence-corrected chi connectivity index (χ1v) is 24.2. The van der Waals surface area contributed by atoms with Gasteiger partial charge in [0.1, 0.15) is 11.5 Å². The van der Waals surface area contributed by atoms with Crippen LogP contribution in [0, 0.1) is 0 Å². The van der Waals surface area contributed by atoms with Gasteiger partial charge in [0, 0.05) is 34.3 Å².